The van der Waals surface area contributed by atoms with Gasteiger partial charge in [0, 0.05) is 5.56 Å². The zero-order valence-corrected chi connectivity index (χ0v) is 11.2. The third-order valence-electron chi connectivity index (χ3n) is 3.25. The second-order valence-corrected chi connectivity index (χ2v) is 4.79. The number of rotatable bonds is 2. The van der Waals surface area contributed by atoms with Gasteiger partial charge in [0.1, 0.15) is 0 Å². The van der Waals surface area contributed by atoms with E-state index in [0.717, 1.165) is 4.90 Å². The predicted octanol–water partition coefficient (Wildman–Crippen LogP) is 3.09. The summed E-state index contributed by atoms with van der Waals surface area (Å²) in [5.74, 6) is -2.22. The van der Waals surface area contributed by atoms with E-state index >= 15 is 0 Å². The maximum Gasteiger partial charge on any atom is 0.266 e. The van der Waals surface area contributed by atoms with Crippen LogP contribution in [0, 0.1) is 5.82 Å². The molecule has 0 saturated heterocycles. The quantitative estimate of drug-likeness (QED) is 0.633. The molecular weight excluding hydrogens is 297 g/mol. The van der Waals surface area contributed by atoms with Crippen LogP contribution >= 0.6 is 11.6 Å². The van der Waals surface area contributed by atoms with E-state index in [4.69, 9.17) is 11.6 Å². The minimum absolute atomic E-state index is 0.0467. The molecule has 104 valence electrons. The lowest BCUT2D eigenvalue weighted by Crippen LogP contribution is -2.30. The third kappa shape index (κ3) is 1.86. The second kappa shape index (κ2) is 4.79. The zero-order chi connectivity index (χ0) is 15.1. The van der Waals surface area contributed by atoms with E-state index in [1.165, 1.54) is 24.3 Å². The Labute approximate surface area is 123 Å². The van der Waals surface area contributed by atoms with Gasteiger partial charge in [-0.3, -0.25) is 14.4 Å². The van der Waals surface area contributed by atoms with Gasteiger partial charge < -0.3 is 0 Å². The summed E-state index contributed by atoms with van der Waals surface area (Å²) in [5.41, 5.74) is 0.0984. The lowest BCUT2D eigenvalue weighted by molar-refractivity contribution is 0.0924. The first-order valence-electron chi connectivity index (χ1n) is 5.97. The Bertz CT molecular complexity index is 769. The van der Waals surface area contributed by atoms with Crippen molar-refractivity contribution in [2.75, 3.05) is 4.90 Å². The highest BCUT2D eigenvalue weighted by atomic mass is 35.5. The molecule has 2 aromatic carbocycles. The molecule has 0 radical (unpaired) electrons. The number of carbonyl (C=O) groups is 3. The molecule has 6 heteroatoms. The average Bonchev–Trinajstić information content (AvgIpc) is 2.75. The molecule has 0 atom stereocenters. The van der Waals surface area contributed by atoms with Gasteiger partial charge in [0.15, 0.2) is 12.1 Å². The maximum absolute atomic E-state index is 14.2. The van der Waals surface area contributed by atoms with E-state index in [2.05, 4.69) is 0 Å². The lowest BCUT2D eigenvalue weighted by Gasteiger charge is -2.15. The number of hydrogen-bond acceptors (Lipinski definition) is 3. The molecule has 0 saturated carbocycles. The molecule has 1 aliphatic rings. The number of fused-ring (bicyclic) bond motifs is 1. The van der Waals surface area contributed by atoms with Crippen molar-refractivity contribution < 1.29 is 18.8 Å². The van der Waals surface area contributed by atoms with Crippen molar-refractivity contribution >= 4 is 35.4 Å². The molecule has 2 aromatic rings. The van der Waals surface area contributed by atoms with E-state index < -0.39 is 22.7 Å². The summed E-state index contributed by atoms with van der Waals surface area (Å²) in [7, 11) is 0. The Morgan fingerprint density at radius 3 is 2.10 bits per heavy atom. The monoisotopic (exact) mass is 303 g/mol. The van der Waals surface area contributed by atoms with Gasteiger partial charge >= 0.3 is 0 Å². The van der Waals surface area contributed by atoms with Crippen molar-refractivity contribution in [3.63, 3.8) is 0 Å². The summed E-state index contributed by atoms with van der Waals surface area (Å²) < 4.78 is 14.2. The van der Waals surface area contributed by atoms with Gasteiger partial charge in [0.2, 0.25) is 0 Å². The van der Waals surface area contributed by atoms with Crippen LogP contribution in [0.25, 0.3) is 0 Å². The zero-order valence-electron chi connectivity index (χ0n) is 10.5. The summed E-state index contributed by atoms with van der Waals surface area (Å²) >= 11 is 5.73. The summed E-state index contributed by atoms with van der Waals surface area (Å²) in [4.78, 5) is 35.9. The van der Waals surface area contributed by atoms with Crippen LogP contribution in [0.2, 0.25) is 5.02 Å². The molecule has 1 heterocycles. The molecule has 0 unspecified atom stereocenters. The van der Waals surface area contributed by atoms with Crippen LogP contribution in [-0.2, 0) is 0 Å². The Morgan fingerprint density at radius 1 is 1.00 bits per heavy atom. The Hall–Kier alpha value is -2.53. The van der Waals surface area contributed by atoms with Crippen molar-refractivity contribution in [1.29, 1.82) is 0 Å². The molecular formula is C15H7ClFNO3. The highest BCUT2D eigenvalue weighted by Crippen LogP contribution is 2.33. The number of aldehydes is 1. The fourth-order valence-electron chi connectivity index (χ4n) is 2.23. The summed E-state index contributed by atoms with van der Waals surface area (Å²) in [6.07, 6.45) is 0.400. The number of hydrogen-bond donors (Lipinski definition) is 0. The van der Waals surface area contributed by atoms with Gasteiger partial charge in [-0.15, -0.1) is 0 Å². The topological polar surface area (TPSA) is 54.5 Å². The maximum atomic E-state index is 14.2. The smallest absolute Gasteiger partial charge is 0.266 e. The largest absolute Gasteiger partial charge is 0.298 e. The van der Waals surface area contributed by atoms with Crippen LogP contribution in [0.4, 0.5) is 10.1 Å². The first kappa shape index (κ1) is 13.5. The molecule has 0 fully saturated rings. The van der Waals surface area contributed by atoms with Crippen LogP contribution < -0.4 is 4.90 Å². The minimum Gasteiger partial charge on any atom is -0.298 e. The van der Waals surface area contributed by atoms with Gasteiger partial charge in [-0.05, 0) is 24.3 Å². The van der Waals surface area contributed by atoms with Crippen LogP contribution in [0.5, 0.6) is 0 Å². The number of nitrogens with zero attached hydrogens (tertiary/aromatic N) is 1. The fraction of sp³-hybridized carbons (Fsp3) is 0. The van der Waals surface area contributed by atoms with Gasteiger partial charge in [0.05, 0.1) is 21.8 Å². The summed E-state index contributed by atoms with van der Waals surface area (Å²) in [6, 6.07) is 8.67. The molecule has 21 heavy (non-hydrogen) atoms. The van der Waals surface area contributed by atoms with Crippen molar-refractivity contribution in [3.8, 4) is 0 Å². The summed E-state index contributed by atoms with van der Waals surface area (Å²) in [6.45, 7) is 0. The van der Waals surface area contributed by atoms with Gasteiger partial charge in [0.25, 0.3) is 11.8 Å². The Balaban J connectivity index is 2.16. The first-order valence-corrected chi connectivity index (χ1v) is 6.35. The van der Waals surface area contributed by atoms with E-state index in [-0.39, 0.29) is 22.4 Å². The number of halogens is 2. The van der Waals surface area contributed by atoms with Crippen molar-refractivity contribution in [3.05, 3.63) is 63.9 Å². The molecule has 0 aromatic heterocycles. The summed E-state index contributed by atoms with van der Waals surface area (Å²) in [5, 5.41) is -0.418. The SMILES string of the molecule is O=Cc1ccc(N2C(=O)c3ccccc3C2=O)c(F)c1Cl. The molecule has 1 aliphatic heterocycles. The van der Waals surface area contributed by atoms with E-state index in [1.807, 2.05) is 0 Å². The van der Waals surface area contributed by atoms with Crippen molar-refractivity contribution in [2.45, 2.75) is 0 Å². The van der Waals surface area contributed by atoms with Gasteiger partial charge in [-0.2, -0.15) is 0 Å². The highest BCUT2D eigenvalue weighted by molar-refractivity contribution is 6.36. The normalized spacial score (nSPS) is 13.5. The number of benzene rings is 2. The Morgan fingerprint density at radius 2 is 1.57 bits per heavy atom. The second-order valence-electron chi connectivity index (χ2n) is 4.41. The van der Waals surface area contributed by atoms with Crippen molar-refractivity contribution in [1.82, 2.24) is 0 Å². The number of imide groups is 1. The van der Waals surface area contributed by atoms with Crippen LogP contribution in [0.1, 0.15) is 31.1 Å². The van der Waals surface area contributed by atoms with Crippen LogP contribution in [0.3, 0.4) is 0 Å². The molecule has 0 bridgehead atoms. The van der Waals surface area contributed by atoms with Gasteiger partial charge in [-0.25, -0.2) is 9.29 Å². The van der Waals surface area contributed by atoms with Crippen molar-refractivity contribution in [2.24, 2.45) is 0 Å². The number of anilines is 1. The average molecular weight is 304 g/mol. The number of carbonyl (C=O) groups excluding carboxylic acids is 3. The molecule has 4 nitrogen and oxygen atoms in total. The predicted molar refractivity (Wildman–Crippen MR) is 74.4 cm³/mol. The van der Waals surface area contributed by atoms with Crippen LogP contribution in [-0.4, -0.2) is 18.1 Å². The number of amides is 2. The molecule has 0 N–H and O–H groups in total. The lowest BCUT2D eigenvalue weighted by atomic mass is 10.1. The minimum atomic E-state index is -0.976. The molecule has 3 rings (SSSR count). The Kier molecular flexibility index (Phi) is 3.07. The van der Waals surface area contributed by atoms with E-state index in [0.29, 0.717) is 6.29 Å². The van der Waals surface area contributed by atoms with E-state index in [9.17, 15) is 18.8 Å². The standard InChI is InChI=1S/C15H7ClFNO3/c16-12-8(7-19)5-6-11(13(12)17)18-14(20)9-3-1-2-4-10(9)15(18)21/h1-7H. The first-order chi connectivity index (χ1) is 10.1. The molecule has 0 aliphatic carbocycles. The van der Waals surface area contributed by atoms with E-state index in [1.54, 1.807) is 12.1 Å². The molecule has 0 spiro atoms. The fourth-order valence-corrected chi connectivity index (χ4v) is 2.43. The molecule has 2 amide bonds. The highest BCUT2D eigenvalue weighted by Gasteiger charge is 2.38. The third-order valence-corrected chi connectivity index (χ3v) is 3.64. The van der Waals surface area contributed by atoms with Gasteiger partial charge in [-0.1, -0.05) is 23.7 Å². The van der Waals surface area contributed by atoms with Crippen LogP contribution in [0.15, 0.2) is 36.4 Å².